The van der Waals surface area contributed by atoms with Crippen LogP contribution < -0.4 is 0 Å². The summed E-state index contributed by atoms with van der Waals surface area (Å²) in [4.78, 5) is 0. The molecule has 14 heteroatoms. The summed E-state index contributed by atoms with van der Waals surface area (Å²) in [5.74, 6) is -5.57. The van der Waals surface area contributed by atoms with Crippen LogP contribution in [-0.2, 0) is 9.47 Å². The van der Waals surface area contributed by atoms with E-state index in [0.717, 1.165) is 0 Å². The third-order valence-corrected chi connectivity index (χ3v) is 5.40. The molecule has 3 unspecified atom stereocenters. The lowest BCUT2D eigenvalue weighted by atomic mass is 9.76. The molecule has 3 fully saturated rings. The lowest BCUT2D eigenvalue weighted by molar-refractivity contribution is -0.393. The maximum Gasteiger partial charge on any atom is 0.426 e. The summed E-state index contributed by atoms with van der Waals surface area (Å²) in [6.07, 6.45) is -33.9. The quantitative estimate of drug-likeness (QED) is 0.592. The molecule has 0 aromatic carbocycles. The van der Waals surface area contributed by atoms with E-state index in [0.29, 0.717) is 0 Å². The van der Waals surface area contributed by atoms with Crippen molar-refractivity contribution < 1.29 is 62.2 Å². The van der Waals surface area contributed by atoms with Crippen molar-refractivity contribution in [2.75, 3.05) is 0 Å². The first-order valence-electron chi connectivity index (χ1n) is 7.51. The first-order chi connectivity index (χ1) is 11.9. The Hall–Kier alpha value is -0.920. The highest BCUT2D eigenvalue weighted by molar-refractivity contribution is 5.20. The molecule has 0 radical (unpaired) electrons. The summed E-state index contributed by atoms with van der Waals surface area (Å²) in [7, 11) is 0. The maximum atomic E-state index is 13.4. The average molecular weight is 426 g/mol. The molecule has 1 aliphatic heterocycles. The predicted molar refractivity (Wildman–Crippen MR) is 60.2 cm³/mol. The molecule has 5 atom stereocenters. The lowest BCUT2D eigenvalue weighted by Gasteiger charge is -2.40. The van der Waals surface area contributed by atoms with Gasteiger partial charge in [0.15, 0.2) is 0 Å². The van der Waals surface area contributed by atoms with Crippen LogP contribution in [0.1, 0.15) is 12.8 Å². The van der Waals surface area contributed by atoms with Gasteiger partial charge in [0, 0.05) is 5.92 Å². The zero-order valence-corrected chi connectivity index (χ0v) is 12.7. The second-order valence-corrected chi connectivity index (χ2v) is 6.87. The minimum absolute atomic E-state index is 0.434. The molecule has 2 saturated carbocycles. The van der Waals surface area contributed by atoms with E-state index in [1.807, 2.05) is 0 Å². The molecule has 2 nitrogen and oxygen atoms in total. The van der Waals surface area contributed by atoms with Crippen LogP contribution in [0, 0.1) is 17.8 Å². The molecule has 2 bridgehead atoms. The van der Waals surface area contributed by atoms with Gasteiger partial charge in [-0.05, 0) is 24.7 Å². The van der Waals surface area contributed by atoms with Gasteiger partial charge in [-0.25, -0.2) is 0 Å². The Morgan fingerprint density at radius 3 is 1.67 bits per heavy atom. The van der Waals surface area contributed by atoms with Crippen LogP contribution >= 0.6 is 0 Å². The summed E-state index contributed by atoms with van der Waals surface area (Å²) < 4.78 is 165. The zero-order valence-electron chi connectivity index (χ0n) is 12.7. The number of ether oxygens (including phenoxy) is 2. The van der Waals surface area contributed by atoms with E-state index in [9.17, 15) is 52.7 Å². The Balaban J connectivity index is 2.04. The lowest BCUT2D eigenvalue weighted by Crippen LogP contribution is -2.63. The van der Waals surface area contributed by atoms with Gasteiger partial charge in [-0.2, -0.15) is 52.7 Å². The fourth-order valence-corrected chi connectivity index (χ4v) is 4.60. The average Bonchev–Trinajstić information content (AvgIpc) is 2.97. The number of rotatable bonds is 2. The molecular formula is C13H10F12O2. The van der Waals surface area contributed by atoms with Gasteiger partial charge in [-0.1, -0.05) is 0 Å². The van der Waals surface area contributed by atoms with Crippen LogP contribution in [0.5, 0.6) is 0 Å². The monoisotopic (exact) mass is 426 g/mol. The third kappa shape index (κ3) is 2.88. The molecule has 27 heavy (non-hydrogen) atoms. The van der Waals surface area contributed by atoms with Crippen LogP contribution in [0.3, 0.4) is 0 Å². The zero-order chi connectivity index (χ0) is 20.8. The van der Waals surface area contributed by atoms with Crippen LogP contribution in [0.2, 0.25) is 0 Å². The molecule has 3 aliphatic rings. The normalized spacial score (nSPS) is 36.1. The van der Waals surface area contributed by atoms with Crippen LogP contribution in [0.25, 0.3) is 0 Å². The smallest absolute Gasteiger partial charge is 0.357 e. The van der Waals surface area contributed by atoms with E-state index in [2.05, 4.69) is 9.47 Å². The van der Waals surface area contributed by atoms with E-state index in [4.69, 9.17) is 0 Å². The number of hydrogen-bond acceptors (Lipinski definition) is 2. The SMILES string of the molecule is FC(F)(F)C(OC1C2[C@@H]3C[C@@H]1CC3OC2(C(F)(F)F)C(F)(F)F)C(F)(F)F. The highest BCUT2D eigenvalue weighted by Gasteiger charge is 2.85. The largest absolute Gasteiger partial charge is 0.426 e. The molecule has 0 N–H and O–H groups in total. The molecule has 2 aliphatic carbocycles. The second kappa shape index (κ2) is 5.57. The highest BCUT2D eigenvalue weighted by Crippen LogP contribution is 2.68. The minimum Gasteiger partial charge on any atom is -0.357 e. The Morgan fingerprint density at radius 2 is 1.26 bits per heavy atom. The molecule has 1 saturated heterocycles. The Morgan fingerprint density at radius 1 is 0.778 bits per heavy atom. The molecule has 1 heterocycles. The van der Waals surface area contributed by atoms with Gasteiger partial charge in [0.25, 0.3) is 5.60 Å². The second-order valence-electron chi connectivity index (χ2n) is 6.87. The van der Waals surface area contributed by atoms with E-state index in [1.165, 1.54) is 0 Å². The van der Waals surface area contributed by atoms with Gasteiger partial charge in [0.05, 0.1) is 12.2 Å². The van der Waals surface area contributed by atoms with Crippen molar-refractivity contribution in [3.8, 4) is 0 Å². The Labute approximate surface area is 142 Å². The van der Waals surface area contributed by atoms with Crippen LogP contribution in [0.15, 0.2) is 0 Å². The van der Waals surface area contributed by atoms with Crippen molar-refractivity contribution in [3.05, 3.63) is 0 Å². The minimum atomic E-state index is -6.10. The van der Waals surface area contributed by atoms with Crippen molar-refractivity contribution in [2.45, 2.75) is 61.5 Å². The van der Waals surface area contributed by atoms with Crippen LogP contribution in [0.4, 0.5) is 52.7 Å². The standard InChI is InChI=1S/C13H10F12O2/c14-10(15,16)8(11(17,18)19)26-7-3-1-4-5(2-3)27-9(6(4)7,12(20,21)22)13(23,24)25/h3-8H,1-2H2/t3-,4-,5?,6?,7?/m1/s1. The topological polar surface area (TPSA) is 18.5 Å². The van der Waals surface area contributed by atoms with Crippen molar-refractivity contribution in [2.24, 2.45) is 17.8 Å². The summed E-state index contributed by atoms with van der Waals surface area (Å²) in [5, 5.41) is 0. The molecule has 3 rings (SSSR count). The summed E-state index contributed by atoms with van der Waals surface area (Å²) in [6, 6.07) is 0. The third-order valence-electron chi connectivity index (χ3n) is 5.40. The van der Waals surface area contributed by atoms with Gasteiger partial charge < -0.3 is 9.47 Å². The highest BCUT2D eigenvalue weighted by atomic mass is 19.4. The maximum absolute atomic E-state index is 13.4. The summed E-state index contributed by atoms with van der Waals surface area (Å²) in [6.45, 7) is 0. The summed E-state index contributed by atoms with van der Waals surface area (Å²) in [5.41, 5.74) is -4.87. The molecule has 0 spiro atoms. The fraction of sp³-hybridized carbons (Fsp3) is 1.00. The van der Waals surface area contributed by atoms with Gasteiger partial charge >= 0.3 is 24.7 Å². The molecule has 0 aromatic heterocycles. The number of hydrogen-bond donors (Lipinski definition) is 0. The molecule has 158 valence electrons. The van der Waals surface area contributed by atoms with Crippen LogP contribution in [-0.4, -0.2) is 48.6 Å². The summed E-state index contributed by atoms with van der Waals surface area (Å²) >= 11 is 0. The van der Waals surface area contributed by atoms with Crippen molar-refractivity contribution in [1.29, 1.82) is 0 Å². The first-order valence-corrected chi connectivity index (χ1v) is 7.51. The molecule has 0 amide bonds. The van der Waals surface area contributed by atoms with Gasteiger partial charge in [0.1, 0.15) is 0 Å². The van der Waals surface area contributed by atoms with E-state index >= 15 is 0 Å². The number of halogens is 12. The Kier molecular flexibility index (Phi) is 4.29. The predicted octanol–water partition coefficient (Wildman–Crippen LogP) is 4.78. The van der Waals surface area contributed by atoms with Gasteiger partial charge in [-0.3, -0.25) is 0 Å². The van der Waals surface area contributed by atoms with E-state index in [-0.39, 0.29) is 0 Å². The van der Waals surface area contributed by atoms with E-state index < -0.39 is 79.2 Å². The number of fused-ring (bicyclic) bond motifs is 1. The fourth-order valence-electron chi connectivity index (χ4n) is 4.60. The van der Waals surface area contributed by atoms with Gasteiger partial charge in [-0.15, -0.1) is 0 Å². The number of alkyl halides is 12. The van der Waals surface area contributed by atoms with Gasteiger partial charge in [0.2, 0.25) is 6.10 Å². The Bertz CT molecular complexity index is 558. The van der Waals surface area contributed by atoms with Crippen molar-refractivity contribution in [3.63, 3.8) is 0 Å². The molecular weight excluding hydrogens is 416 g/mol. The molecule has 0 aromatic rings. The van der Waals surface area contributed by atoms with Crippen molar-refractivity contribution >= 4 is 0 Å². The van der Waals surface area contributed by atoms with E-state index in [1.54, 1.807) is 0 Å². The first kappa shape index (κ1) is 20.8. The van der Waals surface area contributed by atoms with Crippen molar-refractivity contribution in [1.82, 2.24) is 0 Å².